The van der Waals surface area contributed by atoms with Crippen molar-refractivity contribution in [2.45, 2.75) is 52.9 Å². The average Bonchev–Trinajstić information content (AvgIpc) is 2.73. The van der Waals surface area contributed by atoms with Crippen molar-refractivity contribution in [3.8, 4) is 0 Å². The van der Waals surface area contributed by atoms with E-state index in [1.807, 2.05) is 13.0 Å². The summed E-state index contributed by atoms with van der Waals surface area (Å²) < 4.78 is 24.3. The number of unbranched alkanes of at least 4 members (excludes halogenated alkanes) is 1. The summed E-state index contributed by atoms with van der Waals surface area (Å²) >= 11 is 0. The number of aromatic nitrogens is 1. The van der Waals surface area contributed by atoms with Gasteiger partial charge in [-0.3, -0.25) is 0 Å². The summed E-state index contributed by atoms with van der Waals surface area (Å²) in [6.45, 7) is 10.7. The summed E-state index contributed by atoms with van der Waals surface area (Å²) in [5.41, 5.74) is 0.962. The van der Waals surface area contributed by atoms with Crippen LogP contribution in [0.3, 0.4) is 0 Å². The van der Waals surface area contributed by atoms with E-state index in [0.29, 0.717) is 11.8 Å². The Labute approximate surface area is 130 Å². The minimum absolute atomic E-state index is 0.448. The maximum absolute atomic E-state index is 9.52. The third-order valence-electron chi connectivity index (χ3n) is 3.26. The summed E-state index contributed by atoms with van der Waals surface area (Å²) in [6, 6.07) is 2.02. The first-order valence-corrected chi connectivity index (χ1v) is 9.51. The molecule has 0 saturated heterocycles. The van der Waals surface area contributed by atoms with Gasteiger partial charge in [0.15, 0.2) is 0 Å². The van der Waals surface area contributed by atoms with Crippen molar-refractivity contribution >= 4 is 9.84 Å². The highest BCUT2D eigenvalue weighted by Gasteiger charge is 2.17. The van der Waals surface area contributed by atoms with Crippen LogP contribution in [0, 0.1) is 31.9 Å². The Morgan fingerprint density at radius 3 is 2.33 bits per heavy atom. The van der Waals surface area contributed by atoms with Crippen molar-refractivity contribution in [1.29, 1.82) is 0 Å². The average molecular weight is 315 g/mol. The van der Waals surface area contributed by atoms with Gasteiger partial charge in [0, 0.05) is 18.7 Å². The Kier molecular flexibility index (Phi) is 9.58. The van der Waals surface area contributed by atoms with E-state index < -0.39 is 9.84 Å². The molecule has 0 N–H and O–H groups in total. The predicted octanol–water partition coefficient (Wildman–Crippen LogP) is 4.01. The van der Waals surface area contributed by atoms with Gasteiger partial charge in [0.25, 0.3) is 0 Å². The number of hydrogen-bond donors (Lipinski definition) is 0. The highest BCUT2D eigenvalue weighted by molar-refractivity contribution is 7.91. The molecule has 1 rings (SSSR count). The molecule has 1 heterocycles. The molecule has 1 aromatic heterocycles. The lowest BCUT2D eigenvalue weighted by Gasteiger charge is -2.21. The number of rotatable bonds is 7. The molecule has 0 aromatic carbocycles. The van der Waals surface area contributed by atoms with Crippen LogP contribution >= 0.6 is 0 Å². The van der Waals surface area contributed by atoms with Gasteiger partial charge in [-0.1, -0.05) is 44.7 Å². The summed E-state index contributed by atoms with van der Waals surface area (Å²) in [5, 5.41) is 3.91. The fraction of sp³-hybridized carbons (Fsp3) is 0.688. The molecule has 0 aliphatic rings. The molecule has 0 saturated carbocycles. The van der Waals surface area contributed by atoms with E-state index in [1.54, 1.807) is 0 Å². The Bertz CT molecular complexity index is 471. The molecule has 1 aromatic rings. The quantitative estimate of drug-likeness (QED) is 0.762. The van der Waals surface area contributed by atoms with Crippen LogP contribution in [0.25, 0.3) is 0 Å². The zero-order valence-electron chi connectivity index (χ0n) is 13.8. The van der Waals surface area contributed by atoms with E-state index >= 15 is 0 Å². The van der Waals surface area contributed by atoms with Gasteiger partial charge in [-0.25, -0.2) is 8.42 Å². The fourth-order valence-corrected chi connectivity index (χ4v) is 2.18. The molecule has 5 heteroatoms. The van der Waals surface area contributed by atoms with Gasteiger partial charge in [-0.05, 0) is 25.7 Å². The molecule has 2 radical (unpaired) electrons. The maximum Gasteiger partial charge on any atom is 0.148 e. The van der Waals surface area contributed by atoms with E-state index in [1.165, 1.54) is 25.7 Å². The molecule has 0 aliphatic carbocycles. The van der Waals surface area contributed by atoms with E-state index in [-0.39, 0.29) is 0 Å². The summed E-state index contributed by atoms with van der Waals surface area (Å²) in [6.07, 6.45) is 9.78. The van der Waals surface area contributed by atoms with Gasteiger partial charge >= 0.3 is 0 Å². The third kappa shape index (κ3) is 11.5. The first-order chi connectivity index (χ1) is 9.67. The molecular formula is C16H29NO3S. The lowest BCUT2D eigenvalue weighted by atomic mass is 9.84. The molecule has 122 valence electrons. The van der Waals surface area contributed by atoms with Crippen LogP contribution < -0.4 is 0 Å². The number of aryl methyl sites for hydroxylation is 1. The molecule has 0 fully saturated rings. The van der Waals surface area contributed by atoms with Crippen LogP contribution in [0.5, 0.6) is 0 Å². The van der Waals surface area contributed by atoms with Gasteiger partial charge in [-0.15, -0.1) is 0 Å². The SMILES string of the molecule is [CH2]C(Cc1cc(C)no1)C(CC)CCCC.[CH2]S(C)(=O)=O. The van der Waals surface area contributed by atoms with E-state index in [0.717, 1.165) is 24.1 Å². The lowest BCUT2D eigenvalue weighted by molar-refractivity contribution is 0.305. The van der Waals surface area contributed by atoms with Crippen molar-refractivity contribution in [2.75, 3.05) is 6.26 Å². The molecule has 0 amide bonds. The molecular weight excluding hydrogens is 286 g/mol. The van der Waals surface area contributed by atoms with Crippen LogP contribution in [0.4, 0.5) is 0 Å². The standard InChI is InChI=1S/C14H24NO.C2H5O2S/c1-5-7-8-13(6-2)11(3)9-14-10-12(4)15-16-14;1-5(2,3)4/h10-11,13H,3,5-9H2,1-2,4H3;1H2,2H3. The van der Waals surface area contributed by atoms with Crippen LogP contribution in [-0.2, 0) is 16.3 Å². The second kappa shape index (κ2) is 9.98. The smallest absolute Gasteiger partial charge is 0.148 e. The normalized spacial score (nSPS) is 14.2. The lowest BCUT2D eigenvalue weighted by Crippen LogP contribution is -2.13. The summed E-state index contributed by atoms with van der Waals surface area (Å²) in [7, 11) is -2.92. The molecule has 0 bridgehead atoms. The number of hydrogen-bond acceptors (Lipinski definition) is 4. The van der Waals surface area contributed by atoms with Gasteiger partial charge in [0.05, 0.1) is 11.9 Å². The van der Waals surface area contributed by atoms with Gasteiger partial charge in [0.1, 0.15) is 15.6 Å². The van der Waals surface area contributed by atoms with Crippen molar-refractivity contribution in [1.82, 2.24) is 5.16 Å². The second-order valence-corrected chi connectivity index (χ2v) is 7.49. The van der Waals surface area contributed by atoms with Crippen LogP contribution in [0.2, 0.25) is 0 Å². The largest absolute Gasteiger partial charge is 0.361 e. The minimum Gasteiger partial charge on any atom is -0.361 e. The van der Waals surface area contributed by atoms with Crippen LogP contribution in [-0.4, -0.2) is 19.8 Å². The number of sulfone groups is 1. The molecule has 4 nitrogen and oxygen atoms in total. The maximum atomic E-state index is 9.52. The van der Waals surface area contributed by atoms with Crippen LogP contribution in [0.15, 0.2) is 10.6 Å². The minimum atomic E-state index is -2.92. The third-order valence-corrected chi connectivity index (χ3v) is 3.26. The fourth-order valence-electron chi connectivity index (χ4n) is 2.18. The topological polar surface area (TPSA) is 60.2 Å². The first kappa shape index (κ1) is 20.2. The van der Waals surface area contributed by atoms with Crippen molar-refractivity contribution in [2.24, 2.45) is 11.8 Å². The molecule has 2 unspecified atom stereocenters. The van der Waals surface area contributed by atoms with E-state index in [4.69, 9.17) is 4.52 Å². The van der Waals surface area contributed by atoms with Crippen molar-refractivity contribution in [3.63, 3.8) is 0 Å². The van der Waals surface area contributed by atoms with Gasteiger partial charge in [-0.2, -0.15) is 0 Å². The summed E-state index contributed by atoms with van der Waals surface area (Å²) in [5.74, 6) is 2.14. The van der Waals surface area contributed by atoms with Crippen molar-refractivity contribution in [3.05, 3.63) is 30.7 Å². The summed E-state index contributed by atoms with van der Waals surface area (Å²) in [4.78, 5) is 0. The van der Waals surface area contributed by atoms with E-state index in [2.05, 4.69) is 32.2 Å². The Morgan fingerprint density at radius 1 is 1.38 bits per heavy atom. The first-order valence-electron chi connectivity index (χ1n) is 7.45. The Morgan fingerprint density at radius 2 is 1.95 bits per heavy atom. The molecule has 0 aliphatic heterocycles. The van der Waals surface area contributed by atoms with Crippen LogP contribution in [0.1, 0.15) is 51.0 Å². The predicted molar refractivity (Wildman–Crippen MR) is 87.3 cm³/mol. The number of nitrogens with zero attached hydrogens (tertiary/aromatic N) is 1. The zero-order valence-corrected chi connectivity index (χ0v) is 14.6. The van der Waals surface area contributed by atoms with Gasteiger partial charge in [0.2, 0.25) is 0 Å². The molecule has 21 heavy (non-hydrogen) atoms. The molecule has 0 spiro atoms. The second-order valence-electron chi connectivity index (χ2n) is 5.64. The van der Waals surface area contributed by atoms with Crippen molar-refractivity contribution < 1.29 is 12.9 Å². The molecule has 2 atom stereocenters. The highest BCUT2D eigenvalue weighted by atomic mass is 32.2. The van der Waals surface area contributed by atoms with Gasteiger partial charge < -0.3 is 4.52 Å². The zero-order chi connectivity index (χ0) is 16.5. The van der Waals surface area contributed by atoms with E-state index in [9.17, 15) is 8.42 Å². The monoisotopic (exact) mass is 315 g/mol. The Hall–Kier alpha value is -0.840. The highest BCUT2D eigenvalue weighted by Crippen LogP contribution is 2.25. The Balaban J connectivity index is 0.000000690.